The second-order valence-corrected chi connectivity index (χ2v) is 16.6. The summed E-state index contributed by atoms with van der Waals surface area (Å²) in [7, 11) is 5.43. The molecular weight excluding hydrogens is 901 g/mol. The van der Waals surface area contributed by atoms with Gasteiger partial charge in [-0.15, -0.1) is 0 Å². The highest BCUT2D eigenvalue weighted by atomic mass is 16.5. The zero-order valence-corrected chi connectivity index (χ0v) is 40.5. The van der Waals surface area contributed by atoms with E-state index in [9.17, 15) is 48.6 Å². The Kier molecular flexibility index (Phi) is 36.7. The van der Waals surface area contributed by atoms with Crippen LogP contribution in [0.15, 0.2) is 24.3 Å². The van der Waals surface area contributed by atoms with Crippen molar-refractivity contribution in [3.63, 3.8) is 0 Å². The van der Waals surface area contributed by atoms with Gasteiger partial charge in [-0.3, -0.25) is 28.8 Å². The lowest BCUT2D eigenvalue weighted by Crippen LogP contribution is -2.43. The van der Waals surface area contributed by atoms with E-state index in [1.54, 1.807) is 12.1 Å². The van der Waals surface area contributed by atoms with E-state index >= 15 is 0 Å². The molecule has 3 amide bonds. The second kappa shape index (κ2) is 40.8. The molecule has 2 radical (unpaired) electrons. The topological polar surface area (TPSA) is 292 Å². The van der Waals surface area contributed by atoms with Gasteiger partial charge in [0.1, 0.15) is 36.6 Å². The van der Waals surface area contributed by atoms with Crippen LogP contribution < -0.4 is 26.0 Å². The average molecular weight is 979 g/mol. The van der Waals surface area contributed by atoms with Crippen molar-refractivity contribution in [1.29, 1.82) is 0 Å². The summed E-state index contributed by atoms with van der Waals surface area (Å²) in [5.74, 6) is -4.63. The number of aromatic carboxylic acids is 1. The zero-order valence-electron chi connectivity index (χ0n) is 40.5. The SMILES string of the molecule is [CH]N[C@@H](CCC)C(=O)CCC(CCCCNC(=O)CCC(NC(=O)COCCOCCNC(=O)COCCOCCCC(=O)CCCCCCCCCOc1ccc(C(=O)O)cc1)C(=O)O)C(=O)O. The normalized spacial score (nSPS) is 12.4. The number of benzene rings is 1. The van der Waals surface area contributed by atoms with Gasteiger partial charge in [-0.1, -0.05) is 51.9 Å². The van der Waals surface area contributed by atoms with Crippen molar-refractivity contribution in [3.8, 4) is 5.75 Å². The van der Waals surface area contributed by atoms with Crippen LogP contribution in [0.1, 0.15) is 139 Å². The molecule has 1 aromatic rings. The summed E-state index contributed by atoms with van der Waals surface area (Å²) in [5.41, 5.74) is 0.234. The van der Waals surface area contributed by atoms with Gasteiger partial charge in [-0.05, 0) is 75.6 Å². The van der Waals surface area contributed by atoms with E-state index in [0.29, 0.717) is 70.5 Å². The van der Waals surface area contributed by atoms with Crippen molar-refractivity contribution >= 4 is 47.2 Å². The summed E-state index contributed by atoms with van der Waals surface area (Å²) in [4.78, 5) is 95.2. The molecular formula is C49H78N4O16. The minimum atomic E-state index is -1.31. The number of nitrogens with one attached hydrogen (secondary N) is 4. The van der Waals surface area contributed by atoms with E-state index < -0.39 is 54.3 Å². The van der Waals surface area contributed by atoms with Crippen molar-refractivity contribution in [2.24, 2.45) is 5.92 Å². The summed E-state index contributed by atoms with van der Waals surface area (Å²) in [6.07, 6.45) is 11.5. The van der Waals surface area contributed by atoms with Crippen LogP contribution >= 0.6 is 0 Å². The number of ether oxygens (including phenoxy) is 5. The van der Waals surface area contributed by atoms with Gasteiger partial charge in [-0.25, -0.2) is 9.59 Å². The van der Waals surface area contributed by atoms with Gasteiger partial charge >= 0.3 is 17.9 Å². The molecule has 7 N–H and O–H groups in total. The van der Waals surface area contributed by atoms with Crippen LogP contribution in [-0.4, -0.2) is 147 Å². The Hall–Kier alpha value is -5.02. The molecule has 3 atom stereocenters. The summed E-state index contributed by atoms with van der Waals surface area (Å²) >= 11 is 0. The number of aliphatic carboxylic acids is 2. The first-order valence-electron chi connectivity index (χ1n) is 24.3. The van der Waals surface area contributed by atoms with Crippen LogP contribution in [-0.2, 0) is 52.5 Å². The highest BCUT2D eigenvalue weighted by Gasteiger charge is 2.23. The molecule has 20 heteroatoms. The van der Waals surface area contributed by atoms with Gasteiger partial charge in [-0.2, -0.15) is 0 Å². The van der Waals surface area contributed by atoms with E-state index in [4.69, 9.17) is 35.8 Å². The standard InChI is InChI=1S/C49H78N4O16/c1-3-14-41(50-2)43(55)24-20-37(47(59)60)15-10-11-26-51-44(56)25-23-42(49(63)64)53-46(58)36-68-34-32-66-30-27-52-45(57)35-67-33-31-65-28-13-17-39(54)16-9-7-5-4-6-8-12-29-69-40-21-18-38(19-22-40)48(61)62/h2,18-19,21-22,37,41-42,50H,3-17,20,23-36H2,1H3,(H,51,56)(H,52,57)(H,53,58)(H,59,60)(H,61,62)(H,63,64)/t37?,41-,42?/m0/s1. The quantitative estimate of drug-likeness (QED) is 0.0349. The molecule has 1 rings (SSSR count). The molecule has 0 aliphatic carbocycles. The number of carbonyl (C=O) groups excluding carboxylic acids is 5. The molecule has 2 unspecified atom stereocenters. The third-order valence-electron chi connectivity index (χ3n) is 10.8. The maximum Gasteiger partial charge on any atom is 0.335 e. The highest BCUT2D eigenvalue weighted by Crippen LogP contribution is 2.18. The lowest BCUT2D eigenvalue weighted by atomic mass is 9.93. The van der Waals surface area contributed by atoms with E-state index in [-0.39, 0.29) is 94.8 Å². The molecule has 390 valence electrons. The zero-order chi connectivity index (χ0) is 50.9. The Bertz CT molecular complexity index is 1630. The highest BCUT2D eigenvalue weighted by molar-refractivity contribution is 5.88. The smallest absolute Gasteiger partial charge is 0.335 e. The van der Waals surface area contributed by atoms with Gasteiger partial charge in [0.05, 0.1) is 57.2 Å². The molecule has 0 spiro atoms. The van der Waals surface area contributed by atoms with Crippen LogP contribution in [0.5, 0.6) is 5.75 Å². The number of Topliss-reactive ketones (excluding diaryl/α,β-unsaturated/α-hetero) is 2. The first-order chi connectivity index (χ1) is 33.3. The number of carbonyl (C=O) groups is 8. The Morgan fingerprint density at radius 2 is 1.14 bits per heavy atom. The van der Waals surface area contributed by atoms with E-state index in [2.05, 4.69) is 21.3 Å². The number of ketones is 2. The third kappa shape index (κ3) is 34.0. The number of carboxylic acid groups (broad SMARTS) is 3. The Morgan fingerprint density at radius 1 is 0.536 bits per heavy atom. The van der Waals surface area contributed by atoms with Crippen molar-refractivity contribution < 1.29 is 77.4 Å². The van der Waals surface area contributed by atoms with Crippen molar-refractivity contribution in [2.75, 3.05) is 72.6 Å². The molecule has 0 fully saturated rings. The summed E-state index contributed by atoms with van der Waals surface area (Å²) < 4.78 is 27.1. The number of rotatable bonds is 47. The van der Waals surface area contributed by atoms with E-state index in [0.717, 1.165) is 51.4 Å². The van der Waals surface area contributed by atoms with Crippen LogP contribution in [0, 0.1) is 13.0 Å². The Balaban J connectivity index is 1.96. The number of hydrogen-bond acceptors (Lipinski definition) is 14. The van der Waals surface area contributed by atoms with Gasteiger partial charge in [0.2, 0.25) is 17.7 Å². The monoisotopic (exact) mass is 979 g/mol. The van der Waals surface area contributed by atoms with Crippen molar-refractivity contribution in [3.05, 3.63) is 36.9 Å². The Morgan fingerprint density at radius 3 is 1.78 bits per heavy atom. The van der Waals surface area contributed by atoms with Gasteiger partial charge in [0.25, 0.3) is 0 Å². The van der Waals surface area contributed by atoms with Crippen LogP contribution in [0.4, 0.5) is 0 Å². The van der Waals surface area contributed by atoms with Gasteiger partial charge in [0, 0.05) is 52.4 Å². The number of carboxylic acids is 3. The molecule has 69 heavy (non-hydrogen) atoms. The summed E-state index contributed by atoms with van der Waals surface area (Å²) in [6, 6.07) is 4.57. The lowest BCUT2D eigenvalue weighted by molar-refractivity contribution is -0.143. The molecule has 20 nitrogen and oxygen atoms in total. The number of unbranched alkanes of at least 4 members (excludes halogenated alkanes) is 7. The predicted octanol–water partition coefficient (Wildman–Crippen LogP) is 4.53. The van der Waals surface area contributed by atoms with E-state index in [1.165, 1.54) is 12.1 Å². The molecule has 0 aliphatic heterocycles. The molecule has 0 saturated carbocycles. The molecule has 1 aromatic carbocycles. The maximum atomic E-state index is 12.3. The fourth-order valence-corrected chi connectivity index (χ4v) is 6.88. The van der Waals surface area contributed by atoms with Gasteiger partial charge in [0.15, 0.2) is 0 Å². The molecule has 0 heterocycles. The van der Waals surface area contributed by atoms with Crippen LogP contribution in [0.25, 0.3) is 0 Å². The molecule has 0 bridgehead atoms. The first kappa shape index (κ1) is 62.0. The van der Waals surface area contributed by atoms with E-state index in [1.807, 2.05) is 6.92 Å². The minimum absolute atomic E-state index is 0.0351. The van der Waals surface area contributed by atoms with Crippen molar-refractivity contribution in [2.45, 2.75) is 141 Å². The number of amides is 3. The second-order valence-electron chi connectivity index (χ2n) is 16.6. The van der Waals surface area contributed by atoms with Crippen LogP contribution in [0.2, 0.25) is 0 Å². The fourth-order valence-electron chi connectivity index (χ4n) is 6.88. The summed E-state index contributed by atoms with van der Waals surface area (Å²) in [5, 5.41) is 38.1. The fraction of sp³-hybridized carbons (Fsp3) is 0.694. The first-order valence-corrected chi connectivity index (χ1v) is 24.3. The summed E-state index contributed by atoms with van der Waals surface area (Å²) in [6.45, 7) is 3.69. The Labute approximate surface area is 407 Å². The van der Waals surface area contributed by atoms with Crippen LogP contribution in [0.3, 0.4) is 0 Å². The molecule has 0 saturated heterocycles. The largest absolute Gasteiger partial charge is 0.494 e. The van der Waals surface area contributed by atoms with Crippen molar-refractivity contribution in [1.82, 2.24) is 21.3 Å². The third-order valence-corrected chi connectivity index (χ3v) is 10.8. The predicted molar refractivity (Wildman–Crippen MR) is 254 cm³/mol. The molecule has 0 aromatic heterocycles. The lowest BCUT2D eigenvalue weighted by Gasteiger charge is -2.16. The maximum absolute atomic E-state index is 12.3. The minimum Gasteiger partial charge on any atom is -0.494 e. The average Bonchev–Trinajstić information content (AvgIpc) is 3.32. The van der Waals surface area contributed by atoms with Gasteiger partial charge < -0.3 is 60.3 Å². The number of hydrogen-bond donors (Lipinski definition) is 7. The molecule has 0 aliphatic rings.